The molecule has 2 N–H and O–H groups in total. The molecule has 22 heavy (non-hydrogen) atoms. The van der Waals surface area contributed by atoms with Crippen molar-refractivity contribution in [3.63, 3.8) is 0 Å². The number of halogens is 3. The summed E-state index contributed by atoms with van der Waals surface area (Å²) < 4.78 is 37.4. The van der Waals surface area contributed by atoms with Gasteiger partial charge in [-0.15, -0.1) is 0 Å². The fourth-order valence-electron chi connectivity index (χ4n) is 1.84. The van der Waals surface area contributed by atoms with E-state index < -0.39 is 18.8 Å². The van der Waals surface area contributed by atoms with Crippen LogP contribution < -0.4 is 10.6 Å². The standard InChI is InChI=1S/C14H15F3N4O/c1-9-3-4-10(2)11(7-9)18-13(22)19-12-5-6-21(20-12)8-14(15,16)17/h3-7H,8H2,1-2H3,(H2,18,19,20,22). The number of hydrogen-bond acceptors (Lipinski definition) is 2. The summed E-state index contributed by atoms with van der Waals surface area (Å²) in [7, 11) is 0. The number of aromatic nitrogens is 2. The van der Waals surface area contributed by atoms with Crippen LogP contribution in [-0.2, 0) is 6.54 Å². The first-order valence-corrected chi connectivity index (χ1v) is 6.48. The molecule has 0 aliphatic rings. The molecule has 0 fully saturated rings. The van der Waals surface area contributed by atoms with Gasteiger partial charge < -0.3 is 5.32 Å². The zero-order chi connectivity index (χ0) is 16.3. The van der Waals surface area contributed by atoms with Gasteiger partial charge >= 0.3 is 12.2 Å². The molecular formula is C14H15F3N4O. The Morgan fingerprint density at radius 3 is 2.64 bits per heavy atom. The maximum Gasteiger partial charge on any atom is 0.408 e. The Hall–Kier alpha value is -2.51. The van der Waals surface area contributed by atoms with Gasteiger partial charge in [-0.05, 0) is 31.0 Å². The van der Waals surface area contributed by atoms with E-state index in [0.717, 1.165) is 17.3 Å². The minimum atomic E-state index is -4.36. The molecule has 2 rings (SSSR count). The first-order valence-electron chi connectivity index (χ1n) is 6.48. The number of nitrogens with zero attached hydrogens (tertiary/aromatic N) is 2. The summed E-state index contributed by atoms with van der Waals surface area (Å²) in [6, 6.07) is 6.32. The molecule has 2 aromatic rings. The predicted molar refractivity (Wildman–Crippen MR) is 76.8 cm³/mol. The molecule has 8 heteroatoms. The lowest BCUT2D eigenvalue weighted by Crippen LogP contribution is -2.21. The van der Waals surface area contributed by atoms with Gasteiger partial charge in [-0.25, -0.2) is 4.79 Å². The number of anilines is 2. The molecule has 2 amide bonds. The van der Waals surface area contributed by atoms with Crippen LogP contribution in [0.3, 0.4) is 0 Å². The molecule has 0 saturated heterocycles. The van der Waals surface area contributed by atoms with Crippen molar-refractivity contribution in [1.29, 1.82) is 0 Å². The zero-order valence-electron chi connectivity index (χ0n) is 12.0. The van der Waals surface area contributed by atoms with Crippen LogP contribution >= 0.6 is 0 Å². The first kappa shape index (κ1) is 15.9. The molecule has 0 aliphatic carbocycles. The van der Waals surface area contributed by atoms with Gasteiger partial charge in [0.1, 0.15) is 6.54 Å². The number of rotatable bonds is 3. The lowest BCUT2D eigenvalue weighted by molar-refractivity contribution is -0.142. The van der Waals surface area contributed by atoms with Gasteiger partial charge in [-0.1, -0.05) is 12.1 Å². The molecule has 1 aromatic carbocycles. The SMILES string of the molecule is Cc1ccc(C)c(NC(=O)Nc2ccn(CC(F)(F)F)n2)c1. The van der Waals surface area contributed by atoms with Crippen LogP contribution in [0, 0.1) is 13.8 Å². The number of urea groups is 1. The third kappa shape index (κ3) is 4.51. The third-order valence-electron chi connectivity index (χ3n) is 2.86. The van der Waals surface area contributed by atoms with Crippen LogP contribution in [-0.4, -0.2) is 22.0 Å². The van der Waals surface area contributed by atoms with Crippen molar-refractivity contribution in [1.82, 2.24) is 9.78 Å². The van der Waals surface area contributed by atoms with Crippen LogP contribution in [0.1, 0.15) is 11.1 Å². The van der Waals surface area contributed by atoms with Gasteiger partial charge in [0.05, 0.1) is 0 Å². The van der Waals surface area contributed by atoms with Crippen molar-refractivity contribution < 1.29 is 18.0 Å². The molecule has 1 aromatic heterocycles. The summed E-state index contributed by atoms with van der Waals surface area (Å²) in [6.07, 6.45) is -3.20. The molecule has 0 aliphatic heterocycles. The summed E-state index contributed by atoms with van der Waals surface area (Å²) in [6.45, 7) is 2.53. The maximum absolute atomic E-state index is 12.2. The lowest BCUT2D eigenvalue weighted by Gasteiger charge is -2.09. The number of carbonyl (C=O) groups is 1. The van der Waals surface area contributed by atoms with E-state index in [2.05, 4.69) is 15.7 Å². The van der Waals surface area contributed by atoms with Crippen LogP contribution in [0.15, 0.2) is 30.5 Å². The van der Waals surface area contributed by atoms with Crippen molar-refractivity contribution in [2.45, 2.75) is 26.6 Å². The number of carbonyl (C=O) groups excluding carboxylic acids is 1. The van der Waals surface area contributed by atoms with E-state index in [1.54, 1.807) is 6.07 Å². The number of alkyl halides is 3. The van der Waals surface area contributed by atoms with E-state index in [0.29, 0.717) is 10.4 Å². The zero-order valence-corrected chi connectivity index (χ0v) is 12.0. The Morgan fingerprint density at radius 2 is 1.95 bits per heavy atom. The van der Waals surface area contributed by atoms with Crippen molar-refractivity contribution >= 4 is 17.5 Å². The van der Waals surface area contributed by atoms with Gasteiger partial charge in [0.15, 0.2) is 5.82 Å². The van der Waals surface area contributed by atoms with E-state index in [1.165, 1.54) is 6.07 Å². The van der Waals surface area contributed by atoms with Gasteiger partial charge in [0, 0.05) is 18.0 Å². The van der Waals surface area contributed by atoms with Crippen LogP contribution in [0.25, 0.3) is 0 Å². The van der Waals surface area contributed by atoms with Crippen molar-refractivity contribution in [3.8, 4) is 0 Å². The Morgan fingerprint density at radius 1 is 1.23 bits per heavy atom. The van der Waals surface area contributed by atoms with E-state index in [9.17, 15) is 18.0 Å². The van der Waals surface area contributed by atoms with Crippen molar-refractivity contribution in [3.05, 3.63) is 41.6 Å². The van der Waals surface area contributed by atoms with Crippen LogP contribution in [0.2, 0.25) is 0 Å². The highest BCUT2D eigenvalue weighted by Gasteiger charge is 2.28. The summed E-state index contributed by atoms with van der Waals surface area (Å²) in [4.78, 5) is 11.8. The minimum Gasteiger partial charge on any atom is -0.307 e. The molecule has 0 radical (unpaired) electrons. The van der Waals surface area contributed by atoms with Gasteiger partial charge in [0.25, 0.3) is 0 Å². The highest BCUT2D eigenvalue weighted by Crippen LogP contribution is 2.18. The third-order valence-corrected chi connectivity index (χ3v) is 2.86. The molecule has 0 atom stereocenters. The Kier molecular flexibility index (Phi) is 4.39. The van der Waals surface area contributed by atoms with E-state index in [4.69, 9.17) is 0 Å². The van der Waals surface area contributed by atoms with Gasteiger partial charge in [0.2, 0.25) is 0 Å². The Balaban J connectivity index is 1.99. The van der Waals surface area contributed by atoms with E-state index >= 15 is 0 Å². The Labute approximate surface area is 125 Å². The molecule has 5 nitrogen and oxygen atoms in total. The molecule has 0 bridgehead atoms. The second kappa shape index (κ2) is 6.08. The van der Waals surface area contributed by atoms with Crippen molar-refractivity contribution in [2.24, 2.45) is 0 Å². The highest BCUT2D eigenvalue weighted by atomic mass is 19.4. The first-order chi connectivity index (χ1) is 10.2. The van der Waals surface area contributed by atoms with Crippen LogP contribution in [0.4, 0.5) is 29.5 Å². The number of benzene rings is 1. The minimum absolute atomic E-state index is 0.0482. The number of nitrogens with one attached hydrogen (secondary N) is 2. The molecule has 0 unspecified atom stereocenters. The summed E-state index contributed by atoms with van der Waals surface area (Å²) in [5.74, 6) is 0.0482. The quantitative estimate of drug-likeness (QED) is 0.907. The lowest BCUT2D eigenvalue weighted by atomic mass is 10.1. The highest BCUT2D eigenvalue weighted by molar-refractivity contribution is 5.99. The summed E-state index contributed by atoms with van der Waals surface area (Å²) in [5, 5.41) is 8.67. The topological polar surface area (TPSA) is 59.0 Å². The van der Waals surface area contributed by atoms with E-state index in [-0.39, 0.29) is 5.82 Å². The maximum atomic E-state index is 12.2. The molecule has 0 spiro atoms. The van der Waals surface area contributed by atoms with E-state index in [1.807, 2.05) is 26.0 Å². The average Bonchev–Trinajstić information content (AvgIpc) is 2.78. The monoisotopic (exact) mass is 312 g/mol. The van der Waals surface area contributed by atoms with Crippen molar-refractivity contribution in [2.75, 3.05) is 10.6 Å². The van der Waals surface area contributed by atoms with Gasteiger partial charge in [-0.2, -0.15) is 18.3 Å². The number of amides is 2. The largest absolute Gasteiger partial charge is 0.408 e. The van der Waals surface area contributed by atoms with Crippen LogP contribution in [0.5, 0.6) is 0 Å². The predicted octanol–water partition coefficient (Wildman–Crippen LogP) is 3.71. The second-order valence-electron chi connectivity index (χ2n) is 4.91. The average molecular weight is 312 g/mol. The summed E-state index contributed by atoms with van der Waals surface area (Å²) >= 11 is 0. The Bertz CT molecular complexity index is 679. The molecule has 1 heterocycles. The fourth-order valence-corrected chi connectivity index (χ4v) is 1.84. The number of hydrogen-bond donors (Lipinski definition) is 2. The van der Waals surface area contributed by atoms with Gasteiger partial charge in [-0.3, -0.25) is 10.00 Å². The molecule has 0 saturated carbocycles. The molecular weight excluding hydrogens is 297 g/mol. The number of aryl methyl sites for hydroxylation is 2. The fraction of sp³-hybridized carbons (Fsp3) is 0.286. The molecule has 118 valence electrons. The second-order valence-corrected chi connectivity index (χ2v) is 4.91. The summed E-state index contributed by atoms with van der Waals surface area (Å²) in [5.41, 5.74) is 2.49. The smallest absolute Gasteiger partial charge is 0.307 e. The normalized spacial score (nSPS) is 11.3.